The number of piperazine rings is 1. The lowest BCUT2D eigenvalue weighted by molar-refractivity contribution is 0.0750. The molecule has 0 N–H and O–H groups in total. The monoisotopic (exact) mass is 303 g/mol. The molecule has 1 saturated heterocycles. The summed E-state index contributed by atoms with van der Waals surface area (Å²) in [7, 11) is 0. The minimum Gasteiger partial charge on any atom is -0.352 e. The quantitative estimate of drug-likeness (QED) is 0.841. The van der Waals surface area contributed by atoms with Gasteiger partial charge < -0.3 is 9.80 Å². The number of aromatic nitrogens is 3. The van der Waals surface area contributed by atoms with Crippen molar-refractivity contribution in [2.45, 2.75) is 13.8 Å². The normalized spacial score (nSPS) is 15.3. The number of hydrogen-bond acceptors (Lipinski definition) is 6. The first-order chi connectivity index (χ1) is 10.1. The third kappa shape index (κ3) is 2.87. The van der Waals surface area contributed by atoms with Gasteiger partial charge in [-0.1, -0.05) is 0 Å². The Morgan fingerprint density at radius 3 is 2.52 bits per heavy atom. The molecule has 6 nitrogen and oxygen atoms in total. The van der Waals surface area contributed by atoms with Gasteiger partial charge in [0, 0.05) is 38.6 Å². The van der Waals surface area contributed by atoms with Crippen molar-refractivity contribution in [2.75, 3.05) is 31.1 Å². The van der Waals surface area contributed by atoms with Gasteiger partial charge in [-0.05, 0) is 13.8 Å². The van der Waals surface area contributed by atoms with Crippen molar-refractivity contribution in [3.05, 3.63) is 34.2 Å². The van der Waals surface area contributed by atoms with Crippen LogP contribution in [-0.4, -0.2) is 51.9 Å². The number of aryl methyl sites for hydroxylation is 2. The molecular weight excluding hydrogens is 286 g/mol. The van der Waals surface area contributed by atoms with E-state index < -0.39 is 0 Å². The van der Waals surface area contributed by atoms with Gasteiger partial charge in [0.05, 0.1) is 16.9 Å². The van der Waals surface area contributed by atoms with Gasteiger partial charge in [0.2, 0.25) is 0 Å². The minimum atomic E-state index is 0.0943. The van der Waals surface area contributed by atoms with E-state index in [2.05, 4.69) is 19.9 Å². The van der Waals surface area contributed by atoms with Crippen LogP contribution in [0, 0.1) is 13.8 Å². The summed E-state index contributed by atoms with van der Waals surface area (Å²) in [4.78, 5) is 30.1. The van der Waals surface area contributed by atoms with E-state index in [0.717, 1.165) is 34.5 Å². The molecule has 1 fully saturated rings. The van der Waals surface area contributed by atoms with E-state index in [1.54, 1.807) is 18.6 Å². The van der Waals surface area contributed by atoms with Gasteiger partial charge in [-0.15, -0.1) is 11.3 Å². The van der Waals surface area contributed by atoms with Crippen LogP contribution < -0.4 is 4.90 Å². The number of carbonyl (C=O) groups excluding carboxylic acids is 1. The topological polar surface area (TPSA) is 62.2 Å². The zero-order valence-corrected chi connectivity index (χ0v) is 12.9. The predicted octanol–water partition coefficient (Wildman–Crippen LogP) is 1.51. The number of amides is 1. The summed E-state index contributed by atoms with van der Waals surface area (Å²) in [6.45, 7) is 6.78. The lowest BCUT2D eigenvalue weighted by atomic mass is 10.2. The van der Waals surface area contributed by atoms with E-state index in [9.17, 15) is 4.79 Å². The summed E-state index contributed by atoms with van der Waals surface area (Å²) in [6, 6.07) is 0. The van der Waals surface area contributed by atoms with E-state index in [1.165, 1.54) is 11.3 Å². The fraction of sp³-hybridized carbons (Fsp3) is 0.429. The highest BCUT2D eigenvalue weighted by Gasteiger charge is 2.25. The molecule has 0 atom stereocenters. The van der Waals surface area contributed by atoms with Crippen LogP contribution in [0.4, 0.5) is 5.82 Å². The van der Waals surface area contributed by atoms with Crippen molar-refractivity contribution in [1.29, 1.82) is 0 Å². The summed E-state index contributed by atoms with van der Waals surface area (Å²) < 4.78 is 0. The molecule has 21 heavy (non-hydrogen) atoms. The Morgan fingerprint density at radius 2 is 1.95 bits per heavy atom. The molecule has 0 bridgehead atoms. The molecule has 0 unspecified atom stereocenters. The van der Waals surface area contributed by atoms with E-state index in [0.29, 0.717) is 13.1 Å². The van der Waals surface area contributed by atoms with Crippen LogP contribution >= 0.6 is 11.3 Å². The first-order valence-electron chi connectivity index (χ1n) is 6.89. The third-order valence-electron chi connectivity index (χ3n) is 3.54. The van der Waals surface area contributed by atoms with Crippen LogP contribution in [0.2, 0.25) is 0 Å². The van der Waals surface area contributed by atoms with E-state index in [-0.39, 0.29) is 5.91 Å². The van der Waals surface area contributed by atoms with E-state index >= 15 is 0 Å². The maximum Gasteiger partial charge on any atom is 0.265 e. The highest BCUT2D eigenvalue weighted by molar-refractivity contribution is 7.13. The zero-order chi connectivity index (χ0) is 14.8. The highest BCUT2D eigenvalue weighted by atomic mass is 32.1. The fourth-order valence-corrected chi connectivity index (χ4v) is 3.35. The molecule has 1 aliphatic heterocycles. The molecule has 110 valence electrons. The second-order valence-electron chi connectivity index (χ2n) is 4.99. The van der Waals surface area contributed by atoms with Gasteiger partial charge in [0.25, 0.3) is 5.91 Å². The summed E-state index contributed by atoms with van der Waals surface area (Å²) in [6.07, 6.45) is 5.11. The molecule has 1 amide bonds. The van der Waals surface area contributed by atoms with Crippen molar-refractivity contribution < 1.29 is 4.79 Å². The van der Waals surface area contributed by atoms with Crippen molar-refractivity contribution in [3.63, 3.8) is 0 Å². The molecule has 7 heteroatoms. The van der Waals surface area contributed by atoms with Gasteiger partial charge in [-0.3, -0.25) is 9.78 Å². The number of thiazole rings is 1. The Labute approximate surface area is 127 Å². The lowest BCUT2D eigenvalue weighted by Crippen LogP contribution is -2.49. The van der Waals surface area contributed by atoms with Gasteiger partial charge in [0.1, 0.15) is 10.7 Å². The average molecular weight is 303 g/mol. The SMILES string of the molecule is Cc1nc(C)c(C(=O)N2CCN(c3cnccn3)CC2)s1. The largest absolute Gasteiger partial charge is 0.352 e. The second kappa shape index (κ2) is 5.77. The molecule has 3 rings (SSSR count). The summed E-state index contributed by atoms with van der Waals surface area (Å²) in [5, 5.41) is 0.939. The predicted molar refractivity (Wildman–Crippen MR) is 81.7 cm³/mol. The molecule has 3 heterocycles. The number of nitrogens with zero attached hydrogens (tertiary/aromatic N) is 5. The van der Waals surface area contributed by atoms with Crippen molar-refractivity contribution in [2.24, 2.45) is 0 Å². The zero-order valence-electron chi connectivity index (χ0n) is 12.1. The maximum atomic E-state index is 12.5. The summed E-state index contributed by atoms with van der Waals surface area (Å²) >= 11 is 1.48. The second-order valence-corrected chi connectivity index (χ2v) is 6.19. The maximum absolute atomic E-state index is 12.5. The Balaban J connectivity index is 1.66. The molecule has 0 spiro atoms. The van der Waals surface area contributed by atoms with Gasteiger partial charge >= 0.3 is 0 Å². The number of hydrogen-bond donors (Lipinski definition) is 0. The van der Waals surface area contributed by atoms with Gasteiger partial charge in [0.15, 0.2) is 0 Å². The first kappa shape index (κ1) is 13.9. The van der Waals surface area contributed by atoms with Gasteiger partial charge in [-0.2, -0.15) is 0 Å². The molecule has 0 aliphatic carbocycles. The van der Waals surface area contributed by atoms with Crippen LogP contribution in [0.3, 0.4) is 0 Å². The van der Waals surface area contributed by atoms with Gasteiger partial charge in [-0.25, -0.2) is 9.97 Å². The number of anilines is 1. The van der Waals surface area contributed by atoms with Crippen molar-refractivity contribution >= 4 is 23.1 Å². The lowest BCUT2D eigenvalue weighted by Gasteiger charge is -2.35. The third-order valence-corrected chi connectivity index (χ3v) is 4.60. The van der Waals surface area contributed by atoms with E-state index in [1.807, 2.05) is 18.7 Å². The molecule has 1 aliphatic rings. The molecule has 0 saturated carbocycles. The molecule has 0 radical (unpaired) electrons. The molecule has 2 aromatic heterocycles. The van der Waals surface area contributed by atoms with E-state index in [4.69, 9.17) is 0 Å². The fourth-order valence-electron chi connectivity index (χ4n) is 2.47. The molecule has 2 aromatic rings. The van der Waals surface area contributed by atoms with Crippen LogP contribution in [0.5, 0.6) is 0 Å². The Kier molecular flexibility index (Phi) is 3.83. The smallest absolute Gasteiger partial charge is 0.265 e. The Hall–Kier alpha value is -2.02. The summed E-state index contributed by atoms with van der Waals surface area (Å²) in [5.74, 6) is 0.964. The molecular formula is C14H17N5OS. The highest BCUT2D eigenvalue weighted by Crippen LogP contribution is 2.20. The standard InChI is InChI=1S/C14H17N5OS/c1-10-13(21-11(2)17-10)14(20)19-7-5-18(6-8-19)12-9-15-3-4-16-12/h3-4,9H,5-8H2,1-2H3. The van der Waals surface area contributed by atoms with Crippen LogP contribution in [0.15, 0.2) is 18.6 Å². The number of carbonyl (C=O) groups is 1. The Morgan fingerprint density at radius 1 is 1.19 bits per heavy atom. The van der Waals surface area contributed by atoms with Crippen LogP contribution in [-0.2, 0) is 0 Å². The summed E-state index contributed by atoms with van der Waals surface area (Å²) in [5.41, 5.74) is 0.832. The average Bonchev–Trinajstić information content (AvgIpc) is 2.86. The van der Waals surface area contributed by atoms with Crippen LogP contribution in [0.25, 0.3) is 0 Å². The molecule has 0 aromatic carbocycles. The van der Waals surface area contributed by atoms with Crippen LogP contribution in [0.1, 0.15) is 20.4 Å². The minimum absolute atomic E-state index is 0.0943. The van der Waals surface area contributed by atoms with Crippen molar-refractivity contribution in [1.82, 2.24) is 19.9 Å². The first-order valence-corrected chi connectivity index (χ1v) is 7.71. The number of rotatable bonds is 2. The van der Waals surface area contributed by atoms with Crippen molar-refractivity contribution in [3.8, 4) is 0 Å². The Bertz CT molecular complexity index is 634.